The first kappa shape index (κ1) is 13.9. The number of benzene rings is 2. The summed E-state index contributed by atoms with van der Waals surface area (Å²) in [6.07, 6.45) is 0. The van der Waals surface area contributed by atoms with Crippen molar-refractivity contribution in [2.24, 2.45) is 0 Å². The zero-order chi connectivity index (χ0) is 15.0. The smallest absolute Gasteiger partial charge is 0.417 e. The molecule has 0 atom stereocenters. The molecule has 0 saturated heterocycles. The van der Waals surface area contributed by atoms with Crippen LogP contribution in [0.5, 0.6) is 5.75 Å². The molecule has 108 valence electrons. The van der Waals surface area contributed by atoms with Crippen molar-refractivity contribution < 1.29 is 9.52 Å². The van der Waals surface area contributed by atoms with E-state index in [1.54, 1.807) is 24.3 Å². The van der Waals surface area contributed by atoms with Gasteiger partial charge in [0.2, 0.25) is 0 Å². The zero-order valence-electron chi connectivity index (χ0n) is 10.6. The quantitative estimate of drug-likeness (QED) is 0.685. The van der Waals surface area contributed by atoms with Crippen LogP contribution in [-0.4, -0.2) is 10.1 Å². The summed E-state index contributed by atoms with van der Waals surface area (Å²) in [6, 6.07) is 8.30. The third kappa shape index (κ3) is 2.84. The highest BCUT2D eigenvalue weighted by atomic mass is 35.5. The second-order valence-electron chi connectivity index (χ2n) is 4.47. The second kappa shape index (κ2) is 5.35. The van der Waals surface area contributed by atoms with Gasteiger partial charge in [0.05, 0.1) is 10.5 Å². The molecule has 0 radical (unpaired) electrons. The van der Waals surface area contributed by atoms with Crippen LogP contribution in [0.2, 0.25) is 10.0 Å². The number of aromatic nitrogens is 1. The zero-order valence-corrected chi connectivity index (χ0v) is 12.1. The Labute approximate surface area is 129 Å². The van der Waals surface area contributed by atoms with Gasteiger partial charge in [-0.3, -0.25) is 4.98 Å². The maximum atomic E-state index is 11.1. The van der Waals surface area contributed by atoms with Crippen LogP contribution in [-0.2, 0) is 6.54 Å². The number of nitrogens with one attached hydrogen (secondary N) is 2. The Morgan fingerprint density at radius 1 is 1.24 bits per heavy atom. The number of H-pyrrole nitrogens is 1. The molecule has 1 aromatic heterocycles. The van der Waals surface area contributed by atoms with Gasteiger partial charge in [0.25, 0.3) is 0 Å². The Hall–Kier alpha value is -2.11. The largest absolute Gasteiger partial charge is 0.506 e. The molecule has 0 aliphatic rings. The van der Waals surface area contributed by atoms with E-state index in [9.17, 15) is 9.90 Å². The van der Waals surface area contributed by atoms with E-state index in [0.29, 0.717) is 28.2 Å². The average Bonchev–Trinajstić information content (AvgIpc) is 2.80. The van der Waals surface area contributed by atoms with Gasteiger partial charge in [0.1, 0.15) is 5.75 Å². The van der Waals surface area contributed by atoms with Gasteiger partial charge in [0.15, 0.2) is 5.58 Å². The first-order chi connectivity index (χ1) is 10.0. The summed E-state index contributed by atoms with van der Waals surface area (Å²) < 4.78 is 4.92. The molecule has 0 aliphatic carbocycles. The Morgan fingerprint density at radius 3 is 2.86 bits per heavy atom. The number of phenols is 1. The molecule has 0 aliphatic heterocycles. The van der Waals surface area contributed by atoms with Gasteiger partial charge in [-0.2, -0.15) is 0 Å². The highest BCUT2D eigenvalue weighted by Crippen LogP contribution is 2.31. The summed E-state index contributed by atoms with van der Waals surface area (Å²) in [6.45, 7) is 0.333. The number of halogens is 2. The molecule has 1 heterocycles. The second-order valence-corrected chi connectivity index (χ2v) is 5.32. The van der Waals surface area contributed by atoms with E-state index >= 15 is 0 Å². The van der Waals surface area contributed by atoms with Crippen molar-refractivity contribution in [1.82, 2.24) is 4.98 Å². The van der Waals surface area contributed by atoms with Crippen LogP contribution in [0, 0.1) is 0 Å². The van der Waals surface area contributed by atoms with Gasteiger partial charge < -0.3 is 14.8 Å². The monoisotopic (exact) mass is 324 g/mol. The van der Waals surface area contributed by atoms with Crippen molar-refractivity contribution in [3.8, 4) is 5.75 Å². The Morgan fingerprint density at radius 2 is 2.05 bits per heavy atom. The third-order valence-corrected chi connectivity index (χ3v) is 3.52. The average molecular weight is 325 g/mol. The van der Waals surface area contributed by atoms with Crippen LogP contribution in [0.25, 0.3) is 11.1 Å². The lowest BCUT2D eigenvalue weighted by molar-refractivity contribution is 0.469. The number of aromatic amines is 1. The highest BCUT2D eigenvalue weighted by Gasteiger charge is 2.08. The van der Waals surface area contributed by atoms with E-state index in [4.69, 9.17) is 27.6 Å². The molecule has 5 nitrogen and oxygen atoms in total. The minimum absolute atomic E-state index is 0.00800. The molecular formula is C14H10Cl2N2O3. The van der Waals surface area contributed by atoms with Gasteiger partial charge >= 0.3 is 5.76 Å². The van der Waals surface area contributed by atoms with E-state index in [-0.39, 0.29) is 10.8 Å². The first-order valence-electron chi connectivity index (χ1n) is 6.06. The van der Waals surface area contributed by atoms with Crippen LogP contribution in [0.4, 0.5) is 5.69 Å². The number of fused-ring (bicyclic) bond motifs is 1. The van der Waals surface area contributed by atoms with Crippen LogP contribution >= 0.6 is 23.2 Å². The molecule has 0 spiro atoms. The van der Waals surface area contributed by atoms with Crippen molar-refractivity contribution in [3.05, 3.63) is 56.5 Å². The third-order valence-electron chi connectivity index (χ3n) is 3.01. The lowest BCUT2D eigenvalue weighted by Gasteiger charge is -2.09. The minimum atomic E-state index is -0.499. The van der Waals surface area contributed by atoms with E-state index in [0.717, 1.165) is 5.69 Å². The lowest BCUT2D eigenvalue weighted by Crippen LogP contribution is -2.00. The first-order valence-corrected chi connectivity index (χ1v) is 6.82. The summed E-state index contributed by atoms with van der Waals surface area (Å²) in [5, 5.41) is 13.6. The van der Waals surface area contributed by atoms with Crippen molar-refractivity contribution in [2.45, 2.75) is 6.54 Å². The SMILES string of the molecule is O=c1[nH]c2cc(NCc3cc(Cl)cc(Cl)c3O)ccc2o1. The van der Waals surface area contributed by atoms with Gasteiger partial charge in [0, 0.05) is 22.8 Å². The molecule has 0 fully saturated rings. The molecule has 0 saturated carbocycles. The maximum absolute atomic E-state index is 11.1. The molecular weight excluding hydrogens is 315 g/mol. The molecule has 3 N–H and O–H groups in total. The fourth-order valence-electron chi connectivity index (χ4n) is 2.01. The molecule has 2 aromatic carbocycles. The maximum Gasteiger partial charge on any atom is 0.417 e. The van der Waals surface area contributed by atoms with Crippen LogP contribution < -0.4 is 11.1 Å². The van der Waals surface area contributed by atoms with Gasteiger partial charge in [-0.15, -0.1) is 0 Å². The summed E-state index contributed by atoms with van der Waals surface area (Å²) in [5.41, 5.74) is 2.42. The number of rotatable bonds is 3. The Bertz CT molecular complexity index is 870. The van der Waals surface area contributed by atoms with E-state index in [1.807, 2.05) is 0 Å². The molecule has 0 unspecified atom stereocenters. The molecule has 3 rings (SSSR count). The summed E-state index contributed by atoms with van der Waals surface area (Å²) >= 11 is 11.8. The molecule has 0 bridgehead atoms. The summed E-state index contributed by atoms with van der Waals surface area (Å²) in [7, 11) is 0. The number of anilines is 1. The van der Waals surface area contributed by atoms with Crippen LogP contribution in [0.3, 0.4) is 0 Å². The summed E-state index contributed by atoms with van der Waals surface area (Å²) in [5.74, 6) is -0.507. The fraction of sp³-hybridized carbons (Fsp3) is 0.0714. The van der Waals surface area contributed by atoms with Crippen molar-refractivity contribution in [2.75, 3.05) is 5.32 Å². The predicted molar refractivity (Wildman–Crippen MR) is 82.3 cm³/mol. The number of hydrogen-bond donors (Lipinski definition) is 3. The number of phenolic OH excluding ortho intramolecular Hbond substituents is 1. The van der Waals surface area contributed by atoms with E-state index < -0.39 is 5.76 Å². The number of oxazole rings is 1. The minimum Gasteiger partial charge on any atom is -0.506 e. The number of aromatic hydroxyl groups is 1. The summed E-state index contributed by atoms with van der Waals surface area (Å²) in [4.78, 5) is 13.7. The van der Waals surface area contributed by atoms with E-state index in [2.05, 4.69) is 10.3 Å². The highest BCUT2D eigenvalue weighted by molar-refractivity contribution is 6.35. The lowest BCUT2D eigenvalue weighted by atomic mass is 10.2. The molecule has 7 heteroatoms. The Balaban J connectivity index is 1.84. The van der Waals surface area contributed by atoms with Gasteiger partial charge in [-0.05, 0) is 30.3 Å². The molecule has 0 amide bonds. The topological polar surface area (TPSA) is 78.3 Å². The normalized spacial score (nSPS) is 11.0. The standard InChI is InChI=1S/C14H10Cl2N2O3/c15-8-3-7(13(19)10(16)4-8)6-17-9-1-2-12-11(5-9)18-14(20)21-12/h1-5,17,19H,6H2,(H,18,20). The number of hydrogen-bond acceptors (Lipinski definition) is 4. The van der Waals surface area contributed by atoms with Gasteiger partial charge in [-0.25, -0.2) is 4.79 Å². The van der Waals surface area contributed by atoms with E-state index in [1.165, 1.54) is 6.07 Å². The van der Waals surface area contributed by atoms with Crippen molar-refractivity contribution >= 4 is 40.0 Å². The molecule has 3 aromatic rings. The Kier molecular flexibility index (Phi) is 3.53. The predicted octanol–water partition coefficient (Wildman–Crippen LogP) is 3.75. The molecule has 21 heavy (non-hydrogen) atoms. The van der Waals surface area contributed by atoms with Crippen molar-refractivity contribution in [3.63, 3.8) is 0 Å². The van der Waals surface area contributed by atoms with Gasteiger partial charge in [-0.1, -0.05) is 23.2 Å². The fourth-order valence-corrected chi connectivity index (χ4v) is 2.55. The van der Waals surface area contributed by atoms with Crippen molar-refractivity contribution in [1.29, 1.82) is 0 Å². The van der Waals surface area contributed by atoms with Crippen LogP contribution in [0.1, 0.15) is 5.56 Å². The van der Waals surface area contributed by atoms with Crippen LogP contribution in [0.15, 0.2) is 39.5 Å².